The predicted molar refractivity (Wildman–Crippen MR) is 109 cm³/mol. The Morgan fingerprint density at radius 1 is 1.14 bits per heavy atom. The van der Waals surface area contributed by atoms with Crippen LogP contribution in [0.4, 0.5) is 5.69 Å². The third-order valence-electron chi connectivity index (χ3n) is 3.64. The molecule has 1 atom stereocenters. The second-order valence-corrected chi connectivity index (χ2v) is 6.52. The number of carbonyl (C=O) groups excluding carboxylic acids is 2. The minimum Gasteiger partial charge on any atom is -0.508 e. The third kappa shape index (κ3) is 10.3. The lowest BCUT2D eigenvalue weighted by Crippen LogP contribution is -2.43. The van der Waals surface area contributed by atoms with Gasteiger partial charge in [-0.1, -0.05) is 6.07 Å². The fourth-order valence-electron chi connectivity index (χ4n) is 2.35. The molecule has 0 fully saturated rings. The maximum atomic E-state index is 12.4. The van der Waals surface area contributed by atoms with Crippen LogP contribution in [0.1, 0.15) is 32.6 Å². The van der Waals surface area contributed by atoms with E-state index in [9.17, 15) is 19.5 Å². The molecule has 1 rings (SSSR count). The Kier molecular flexibility index (Phi) is 10.3. The van der Waals surface area contributed by atoms with Crippen molar-refractivity contribution in [2.75, 3.05) is 18.4 Å². The summed E-state index contributed by atoms with van der Waals surface area (Å²) in [5, 5.41) is 29.4. The van der Waals surface area contributed by atoms with Crippen molar-refractivity contribution in [3.8, 4) is 5.75 Å². The Morgan fingerprint density at radius 2 is 1.86 bits per heavy atom. The van der Waals surface area contributed by atoms with E-state index in [1.54, 1.807) is 12.1 Å². The summed E-state index contributed by atoms with van der Waals surface area (Å²) in [6.45, 7) is 2.15. The zero-order valence-electron chi connectivity index (χ0n) is 15.7. The normalized spacial score (nSPS) is 11.2. The summed E-state index contributed by atoms with van der Waals surface area (Å²) in [4.78, 5) is 34.2. The van der Waals surface area contributed by atoms with Crippen molar-refractivity contribution in [2.24, 2.45) is 0 Å². The number of nitrogens with one attached hydrogen (secondary N) is 4. The van der Waals surface area contributed by atoms with Crippen molar-refractivity contribution in [2.45, 2.75) is 38.6 Å². The zero-order valence-corrected chi connectivity index (χ0v) is 16.5. The molecule has 10 heteroatoms. The SMILES string of the molecule is CC(=O)NC(CCCCNC(=S)NCCC(=O)O)C(=O)Nc1cccc(O)c1. The van der Waals surface area contributed by atoms with E-state index in [0.717, 1.165) is 0 Å². The smallest absolute Gasteiger partial charge is 0.305 e. The number of phenolic OH excluding ortho intramolecular Hbond substituents is 1. The van der Waals surface area contributed by atoms with Crippen molar-refractivity contribution < 1.29 is 24.6 Å². The number of carbonyl (C=O) groups is 3. The van der Waals surface area contributed by atoms with Crippen LogP contribution in [0.15, 0.2) is 24.3 Å². The van der Waals surface area contributed by atoms with Gasteiger partial charge in [0.2, 0.25) is 11.8 Å². The van der Waals surface area contributed by atoms with Crippen molar-refractivity contribution in [3.05, 3.63) is 24.3 Å². The molecule has 0 aliphatic carbocycles. The molecule has 28 heavy (non-hydrogen) atoms. The average Bonchev–Trinajstić information content (AvgIpc) is 2.59. The van der Waals surface area contributed by atoms with Gasteiger partial charge >= 0.3 is 5.97 Å². The number of hydrogen-bond donors (Lipinski definition) is 6. The summed E-state index contributed by atoms with van der Waals surface area (Å²) in [7, 11) is 0. The Bertz CT molecular complexity index is 698. The van der Waals surface area contributed by atoms with E-state index in [4.69, 9.17) is 17.3 Å². The molecule has 154 valence electrons. The number of thiocarbonyl (C=S) groups is 1. The number of benzene rings is 1. The first-order chi connectivity index (χ1) is 13.3. The number of rotatable bonds is 11. The van der Waals surface area contributed by atoms with Gasteiger partial charge in [-0.05, 0) is 43.6 Å². The second kappa shape index (κ2) is 12.5. The molecule has 0 radical (unpaired) electrons. The molecule has 0 heterocycles. The van der Waals surface area contributed by atoms with Crippen molar-refractivity contribution in [1.29, 1.82) is 0 Å². The van der Waals surface area contributed by atoms with Crippen LogP contribution in [0.25, 0.3) is 0 Å². The van der Waals surface area contributed by atoms with Gasteiger partial charge in [0, 0.05) is 31.8 Å². The maximum Gasteiger partial charge on any atom is 0.305 e. The molecule has 0 bridgehead atoms. The Balaban J connectivity index is 2.37. The fourth-order valence-corrected chi connectivity index (χ4v) is 2.55. The molecule has 1 aromatic rings. The van der Waals surface area contributed by atoms with Crippen LogP contribution < -0.4 is 21.3 Å². The minimum atomic E-state index is -0.900. The number of phenols is 1. The molecule has 6 N–H and O–H groups in total. The van der Waals surface area contributed by atoms with Gasteiger partial charge in [-0.3, -0.25) is 14.4 Å². The summed E-state index contributed by atoms with van der Waals surface area (Å²) >= 11 is 5.03. The first-order valence-electron chi connectivity index (χ1n) is 8.88. The molecule has 0 aliphatic rings. The quantitative estimate of drug-likeness (QED) is 0.234. The molecule has 1 aromatic carbocycles. The molecule has 0 aromatic heterocycles. The average molecular weight is 410 g/mol. The van der Waals surface area contributed by atoms with Crippen LogP contribution in [0.3, 0.4) is 0 Å². The van der Waals surface area contributed by atoms with Crippen molar-refractivity contribution in [1.82, 2.24) is 16.0 Å². The first-order valence-corrected chi connectivity index (χ1v) is 9.29. The van der Waals surface area contributed by atoms with E-state index in [-0.39, 0.29) is 30.5 Å². The summed E-state index contributed by atoms with van der Waals surface area (Å²) in [5.74, 6) is -1.53. The lowest BCUT2D eigenvalue weighted by atomic mass is 10.1. The van der Waals surface area contributed by atoms with Gasteiger partial charge in [0.1, 0.15) is 11.8 Å². The Morgan fingerprint density at radius 3 is 2.50 bits per heavy atom. The summed E-state index contributed by atoms with van der Waals surface area (Å²) < 4.78 is 0. The van der Waals surface area contributed by atoms with Gasteiger partial charge in [-0.2, -0.15) is 0 Å². The highest BCUT2D eigenvalue weighted by atomic mass is 32.1. The van der Waals surface area contributed by atoms with Gasteiger partial charge in [-0.15, -0.1) is 0 Å². The van der Waals surface area contributed by atoms with Crippen LogP contribution in [-0.4, -0.2) is 52.2 Å². The molecular formula is C18H26N4O5S. The van der Waals surface area contributed by atoms with E-state index in [1.807, 2.05) is 0 Å². The zero-order chi connectivity index (χ0) is 20.9. The molecule has 9 nitrogen and oxygen atoms in total. The largest absolute Gasteiger partial charge is 0.508 e. The van der Waals surface area contributed by atoms with E-state index < -0.39 is 12.0 Å². The van der Waals surface area contributed by atoms with Gasteiger partial charge < -0.3 is 31.5 Å². The molecule has 1 unspecified atom stereocenters. The van der Waals surface area contributed by atoms with Crippen LogP contribution in [0.5, 0.6) is 5.75 Å². The monoisotopic (exact) mass is 410 g/mol. The molecule has 0 aliphatic heterocycles. The predicted octanol–water partition coefficient (Wildman–Crippen LogP) is 0.944. The number of aromatic hydroxyl groups is 1. The molecular weight excluding hydrogens is 384 g/mol. The lowest BCUT2D eigenvalue weighted by molar-refractivity contribution is -0.136. The summed E-state index contributed by atoms with van der Waals surface area (Å²) in [5.41, 5.74) is 0.444. The second-order valence-electron chi connectivity index (χ2n) is 6.11. The number of carboxylic acids is 1. The van der Waals surface area contributed by atoms with E-state index in [0.29, 0.717) is 36.6 Å². The molecule has 0 spiro atoms. The number of unbranched alkanes of at least 4 members (excludes halogenated alkanes) is 1. The summed E-state index contributed by atoms with van der Waals surface area (Å²) in [6.07, 6.45) is 1.78. The van der Waals surface area contributed by atoms with E-state index in [1.165, 1.54) is 19.1 Å². The van der Waals surface area contributed by atoms with Gasteiger partial charge in [0.05, 0.1) is 6.42 Å². The number of hydrogen-bond acceptors (Lipinski definition) is 5. The number of amides is 2. The Labute approximate surface area is 168 Å². The topological polar surface area (TPSA) is 140 Å². The van der Waals surface area contributed by atoms with Crippen molar-refractivity contribution >= 4 is 40.8 Å². The number of aliphatic carboxylic acids is 1. The highest BCUT2D eigenvalue weighted by Gasteiger charge is 2.19. The van der Waals surface area contributed by atoms with E-state index >= 15 is 0 Å². The Hall–Kier alpha value is -2.88. The van der Waals surface area contributed by atoms with Crippen LogP contribution in [-0.2, 0) is 14.4 Å². The van der Waals surface area contributed by atoms with Gasteiger partial charge in [-0.25, -0.2) is 0 Å². The van der Waals surface area contributed by atoms with Gasteiger partial charge in [0.25, 0.3) is 0 Å². The highest BCUT2D eigenvalue weighted by molar-refractivity contribution is 7.80. The highest BCUT2D eigenvalue weighted by Crippen LogP contribution is 2.16. The minimum absolute atomic E-state index is 0.0193. The standard InChI is InChI=1S/C18H26N4O5S/c1-12(23)21-15(17(27)22-13-5-4-6-14(24)11-13)7-2-3-9-19-18(28)20-10-8-16(25)26/h4-6,11,15,24H,2-3,7-10H2,1H3,(H,21,23)(H,22,27)(H,25,26)(H2,19,20,28). The van der Waals surface area contributed by atoms with Crippen molar-refractivity contribution in [3.63, 3.8) is 0 Å². The van der Waals surface area contributed by atoms with Crippen LogP contribution in [0.2, 0.25) is 0 Å². The van der Waals surface area contributed by atoms with E-state index in [2.05, 4.69) is 21.3 Å². The van der Waals surface area contributed by atoms with Crippen LogP contribution in [0, 0.1) is 0 Å². The molecule has 0 saturated heterocycles. The number of anilines is 1. The molecule has 0 saturated carbocycles. The van der Waals surface area contributed by atoms with Gasteiger partial charge in [0.15, 0.2) is 5.11 Å². The fraction of sp³-hybridized carbons (Fsp3) is 0.444. The lowest BCUT2D eigenvalue weighted by Gasteiger charge is -2.18. The first kappa shape index (κ1) is 23.2. The molecule has 2 amide bonds. The summed E-state index contributed by atoms with van der Waals surface area (Å²) in [6, 6.07) is 5.47. The maximum absolute atomic E-state index is 12.4. The third-order valence-corrected chi connectivity index (χ3v) is 3.93. The number of carboxylic acid groups (broad SMARTS) is 1. The van der Waals surface area contributed by atoms with Crippen LogP contribution >= 0.6 is 12.2 Å².